The van der Waals surface area contributed by atoms with Crippen molar-refractivity contribution in [1.82, 2.24) is 4.57 Å². The smallest absolute Gasteiger partial charge is 0.0561 e. The molecule has 1 spiro atoms. The van der Waals surface area contributed by atoms with E-state index in [-0.39, 0.29) is 5.41 Å². The van der Waals surface area contributed by atoms with Crippen molar-refractivity contribution >= 4 is 70.4 Å². The van der Waals surface area contributed by atoms with Gasteiger partial charge in [0, 0.05) is 59.0 Å². The number of anilines is 3. The van der Waals surface area contributed by atoms with E-state index in [1.54, 1.807) is 11.1 Å². The van der Waals surface area contributed by atoms with E-state index < -0.39 is 0 Å². The second-order valence-corrected chi connectivity index (χ2v) is 18.3. The SMILES string of the molecule is c1ccc(-n2c3ccccc3c3ccc(N(c4ccc5c(c4)sc4ccccc45)c4cccc5c4-c4ccccc4C54C5CCC6CC(C5)CC4C6)cc32)cc1. The molecule has 2 heterocycles. The van der Waals surface area contributed by atoms with Crippen LogP contribution in [-0.4, -0.2) is 4.57 Å². The van der Waals surface area contributed by atoms with Crippen molar-refractivity contribution < 1.29 is 0 Å². The molecule has 4 bridgehead atoms. The second kappa shape index (κ2) is 11.7. The number of benzene rings is 7. The molecule has 5 unspecified atom stereocenters. The first kappa shape index (κ1) is 31.6. The van der Waals surface area contributed by atoms with Crippen molar-refractivity contribution in [3.8, 4) is 16.8 Å². The van der Waals surface area contributed by atoms with Gasteiger partial charge in [-0.1, -0.05) is 110 Å². The third-order valence-corrected chi connectivity index (χ3v) is 15.8. The Kier molecular flexibility index (Phi) is 6.59. The van der Waals surface area contributed by atoms with E-state index in [1.165, 1.54) is 114 Å². The number of aromatic nitrogens is 1. The van der Waals surface area contributed by atoms with Crippen LogP contribution in [0.5, 0.6) is 0 Å². The van der Waals surface area contributed by atoms with Crippen molar-refractivity contribution in [2.45, 2.75) is 43.9 Å². The predicted octanol–water partition coefficient (Wildman–Crippen LogP) is 14.7. The van der Waals surface area contributed by atoms with Gasteiger partial charge in [0.05, 0.1) is 16.7 Å². The van der Waals surface area contributed by atoms with Crippen LogP contribution in [0.2, 0.25) is 0 Å². The molecule has 9 aromatic rings. The van der Waals surface area contributed by atoms with Crippen LogP contribution in [0.25, 0.3) is 58.8 Å². The molecule has 0 aliphatic heterocycles. The zero-order valence-corrected chi connectivity index (χ0v) is 32.2. The van der Waals surface area contributed by atoms with Crippen molar-refractivity contribution in [1.29, 1.82) is 0 Å². The highest BCUT2D eigenvalue weighted by Gasteiger charge is 2.60. The average molecular weight is 739 g/mol. The molecular weight excluding hydrogens is 697 g/mol. The van der Waals surface area contributed by atoms with Gasteiger partial charge in [-0.15, -0.1) is 11.3 Å². The maximum absolute atomic E-state index is 2.61. The van der Waals surface area contributed by atoms with Crippen LogP contribution in [0.4, 0.5) is 17.1 Å². The summed E-state index contributed by atoms with van der Waals surface area (Å²) in [6, 6.07) is 60.0. The highest BCUT2D eigenvalue weighted by molar-refractivity contribution is 7.25. The van der Waals surface area contributed by atoms with Crippen LogP contribution in [0.3, 0.4) is 0 Å². The summed E-state index contributed by atoms with van der Waals surface area (Å²) in [5, 5.41) is 5.24. The number of hydrogen-bond donors (Lipinski definition) is 0. The van der Waals surface area contributed by atoms with Gasteiger partial charge in [-0.25, -0.2) is 0 Å². The molecule has 2 nitrogen and oxygen atoms in total. The second-order valence-electron chi connectivity index (χ2n) is 17.3. The molecule has 4 fully saturated rings. The summed E-state index contributed by atoms with van der Waals surface area (Å²) in [6.07, 6.45) is 8.40. The van der Waals surface area contributed by atoms with Crippen molar-refractivity contribution in [2.24, 2.45) is 23.7 Å². The van der Waals surface area contributed by atoms with Gasteiger partial charge in [-0.3, -0.25) is 0 Å². The topological polar surface area (TPSA) is 8.17 Å². The Bertz CT molecular complexity index is 3030. The minimum Gasteiger partial charge on any atom is -0.310 e. The van der Waals surface area contributed by atoms with Gasteiger partial charge in [0.15, 0.2) is 0 Å². The summed E-state index contributed by atoms with van der Waals surface area (Å²) < 4.78 is 5.13. The average Bonchev–Trinajstić information content (AvgIpc) is 3.82. The van der Waals surface area contributed by atoms with Crippen molar-refractivity contribution in [3.63, 3.8) is 0 Å². The van der Waals surface area contributed by atoms with Crippen LogP contribution >= 0.6 is 11.3 Å². The Hall–Kier alpha value is -5.64. The Labute approximate surface area is 331 Å². The normalized spacial score (nSPS) is 23.4. The van der Waals surface area contributed by atoms with Crippen molar-refractivity contribution in [2.75, 3.05) is 4.90 Å². The summed E-state index contributed by atoms with van der Waals surface area (Å²) >= 11 is 1.91. The number of thiophene rings is 1. The van der Waals surface area contributed by atoms with E-state index in [1.807, 2.05) is 11.3 Å². The number of hydrogen-bond acceptors (Lipinski definition) is 2. The fourth-order valence-corrected chi connectivity index (χ4v) is 13.9. The molecule has 3 heteroatoms. The molecular formula is C53H42N2S. The molecule has 5 atom stereocenters. The molecule has 56 heavy (non-hydrogen) atoms. The van der Waals surface area contributed by atoms with Gasteiger partial charge >= 0.3 is 0 Å². The number of fused-ring (bicyclic) bond motifs is 10. The zero-order chi connectivity index (χ0) is 36.5. The number of para-hydroxylation sites is 2. The van der Waals surface area contributed by atoms with Crippen LogP contribution in [0.15, 0.2) is 158 Å². The lowest BCUT2D eigenvalue weighted by Crippen LogP contribution is -2.48. The van der Waals surface area contributed by atoms with Gasteiger partial charge in [0.25, 0.3) is 0 Å². The summed E-state index contributed by atoms with van der Waals surface area (Å²) in [5.41, 5.74) is 13.5. The van der Waals surface area contributed by atoms with Gasteiger partial charge in [-0.05, 0) is 127 Å². The standard InChI is InChI=1S/C53H42N2S/c1-2-11-37(12-3-1)55-47-18-8-5-13-40(47)41-25-23-38(31-49(41)55)54(39-24-26-43-42-14-6-9-20-50(42)56-51(43)32-39)48-19-10-17-46-52(48)44-15-4-7-16-45(44)53(46)35-22-21-33-27-34(29-35)30-36(53)28-33/h1-20,23-26,31-36H,21-22,27-30H2. The largest absolute Gasteiger partial charge is 0.310 e. The molecule has 0 amide bonds. The summed E-state index contributed by atoms with van der Waals surface area (Å²) in [5.74, 6) is 3.23. The molecule has 0 saturated heterocycles. The highest BCUT2D eigenvalue weighted by Crippen LogP contribution is 2.69. The van der Waals surface area contributed by atoms with Crippen LogP contribution in [0, 0.1) is 23.7 Å². The summed E-state index contributed by atoms with van der Waals surface area (Å²) in [6.45, 7) is 0. The molecule has 14 rings (SSSR count). The van der Waals surface area contributed by atoms with Crippen LogP contribution < -0.4 is 4.90 Å². The lowest BCUT2D eigenvalue weighted by atomic mass is 9.51. The monoisotopic (exact) mass is 738 g/mol. The summed E-state index contributed by atoms with van der Waals surface area (Å²) in [7, 11) is 0. The molecule has 7 aromatic carbocycles. The Balaban J connectivity index is 1.10. The van der Waals surface area contributed by atoms with E-state index in [2.05, 4.69) is 167 Å². The molecule has 0 radical (unpaired) electrons. The van der Waals surface area contributed by atoms with Crippen molar-refractivity contribution in [3.05, 3.63) is 169 Å². The number of nitrogens with zero attached hydrogens (tertiary/aromatic N) is 2. The molecule has 5 aliphatic rings. The first-order chi connectivity index (χ1) is 27.7. The maximum Gasteiger partial charge on any atom is 0.0561 e. The van der Waals surface area contributed by atoms with Crippen LogP contribution in [-0.2, 0) is 5.41 Å². The van der Waals surface area contributed by atoms with E-state index in [4.69, 9.17) is 0 Å². The minimum absolute atomic E-state index is 0.0956. The maximum atomic E-state index is 2.61. The minimum atomic E-state index is 0.0956. The zero-order valence-electron chi connectivity index (χ0n) is 31.4. The van der Waals surface area contributed by atoms with E-state index in [0.717, 1.165) is 11.8 Å². The number of rotatable bonds is 4. The Morgan fingerprint density at radius 1 is 0.500 bits per heavy atom. The van der Waals surface area contributed by atoms with Gasteiger partial charge in [-0.2, -0.15) is 0 Å². The first-order valence-electron chi connectivity index (χ1n) is 20.8. The lowest BCUT2D eigenvalue weighted by Gasteiger charge is -2.53. The third kappa shape index (κ3) is 4.22. The van der Waals surface area contributed by atoms with E-state index >= 15 is 0 Å². The Morgan fingerprint density at radius 2 is 1.20 bits per heavy atom. The van der Waals surface area contributed by atoms with Crippen LogP contribution in [0.1, 0.15) is 49.7 Å². The lowest BCUT2D eigenvalue weighted by molar-refractivity contribution is 0.0618. The van der Waals surface area contributed by atoms with Gasteiger partial charge < -0.3 is 9.47 Å². The molecule has 270 valence electrons. The first-order valence-corrected chi connectivity index (χ1v) is 21.6. The highest BCUT2D eigenvalue weighted by atomic mass is 32.1. The van der Waals surface area contributed by atoms with E-state index in [9.17, 15) is 0 Å². The summed E-state index contributed by atoms with van der Waals surface area (Å²) in [4.78, 5) is 2.61. The van der Waals surface area contributed by atoms with E-state index in [0.29, 0.717) is 11.8 Å². The molecule has 0 N–H and O–H groups in total. The molecule has 5 aliphatic carbocycles. The molecule has 2 aromatic heterocycles. The van der Waals surface area contributed by atoms with Gasteiger partial charge in [0.2, 0.25) is 0 Å². The fraction of sp³-hybridized carbons (Fsp3) is 0.208. The predicted molar refractivity (Wildman–Crippen MR) is 236 cm³/mol. The Morgan fingerprint density at radius 3 is 2.12 bits per heavy atom. The fourth-order valence-electron chi connectivity index (χ4n) is 12.7. The third-order valence-electron chi connectivity index (χ3n) is 14.7. The molecule has 4 saturated carbocycles. The van der Waals surface area contributed by atoms with Gasteiger partial charge in [0.1, 0.15) is 0 Å². The quantitative estimate of drug-likeness (QED) is 0.175.